The van der Waals surface area contributed by atoms with Crippen molar-refractivity contribution in [2.24, 2.45) is 35.5 Å². The normalized spacial score (nSPS) is 33.0. The molecular weight excluding hydrogens is 1380 g/mol. The number of aliphatic hydroxyl groups excluding tert-OH is 3. The molecule has 8 aliphatic rings. The molecule has 0 aliphatic carbocycles. The number of benzene rings is 2. The highest BCUT2D eigenvalue weighted by Crippen LogP contribution is 2.53. The van der Waals surface area contributed by atoms with Crippen molar-refractivity contribution < 1.29 is 92.5 Å². The van der Waals surface area contributed by atoms with E-state index in [1.165, 1.54) is 13.8 Å². The average molecular weight is 1480 g/mol. The average Bonchev–Trinajstić information content (AvgIpc) is 1.55. The summed E-state index contributed by atoms with van der Waals surface area (Å²) in [4.78, 5) is 180. The maximum absolute atomic E-state index is 15.6. The number of amides is 10. The summed E-state index contributed by atoms with van der Waals surface area (Å²) < 4.78 is 11.9. The molecule has 8 heterocycles. The molecule has 0 radical (unpaired) electrons. The smallest absolute Gasteiger partial charge is 0.329 e. The summed E-state index contributed by atoms with van der Waals surface area (Å²) in [6, 6.07) is -5.67. The Morgan fingerprint density at radius 3 is 1.31 bits per heavy atom. The van der Waals surface area contributed by atoms with Gasteiger partial charge < -0.3 is 87.3 Å². The van der Waals surface area contributed by atoms with Crippen molar-refractivity contribution in [3.05, 3.63) is 47.5 Å². The second-order valence-corrected chi connectivity index (χ2v) is 32.0. The molecule has 6 fully saturated rings. The molecule has 0 saturated carbocycles. The topological polar surface area (TPSA) is 458 Å². The van der Waals surface area contributed by atoms with Crippen LogP contribution in [0.2, 0.25) is 0 Å². The van der Waals surface area contributed by atoms with Gasteiger partial charge >= 0.3 is 11.9 Å². The highest BCUT2D eigenvalue weighted by molar-refractivity contribution is 6.01. The number of aliphatic hydroxyl groups is 5. The molecule has 0 bridgehead atoms. The lowest BCUT2D eigenvalue weighted by atomic mass is 9.86. The Bertz CT molecular complexity index is 3760. The van der Waals surface area contributed by atoms with Crippen molar-refractivity contribution in [3.63, 3.8) is 0 Å². The van der Waals surface area contributed by atoms with E-state index in [2.05, 4.69) is 53.4 Å². The van der Waals surface area contributed by atoms with E-state index in [1.54, 1.807) is 106 Å². The summed E-state index contributed by atoms with van der Waals surface area (Å²) in [6.07, 6.45) is -11.0. The van der Waals surface area contributed by atoms with Crippen molar-refractivity contribution in [1.82, 2.24) is 62.6 Å². The van der Waals surface area contributed by atoms with Crippen molar-refractivity contribution >= 4 is 82.4 Å². The lowest BCUT2D eigenvalue weighted by molar-refractivity contribution is -0.172. The van der Waals surface area contributed by atoms with E-state index in [0.717, 1.165) is 19.8 Å². The number of β-amino-alcohol motifs (C(OH)–C–C–N with tert-alkyl or cyclic N) is 1. The fourth-order valence-electron chi connectivity index (χ4n) is 15.6. The first-order valence-electron chi connectivity index (χ1n) is 37.1. The molecule has 33 heteroatoms. The van der Waals surface area contributed by atoms with E-state index < -0.39 is 222 Å². The van der Waals surface area contributed by atoms with E-state index >= 15 is 19.2 Å². The lowest BCUT2D eigenvalue weighted by Gasteiger charge is -2.40. The van der Waals surface area contributed by atoms with Crippen LogP contribution >= 0.6 is 0 Å². The van der Waals surface area contributed by atoms with Crippen LogP contribution in [0.25, 0.3) is 11.1 Å². The maximum atomic E-state index is 15.6. The molecule has 10 amide bonds. The number of fused-ring (bicyclic) bond motifs is 12. The van der Waals surface area contributed by atoms with Crippen molar-refractivity contribution in [3.8, 4) is 11.1 Å². The van der Waals surface area contributed by atoms with Gasteiger partial charge in [-0.2, -0.15) is 0 Å². The van der Waals surface area contributed by atoms with Crippen LogP contribution in [-0.4, -0.2) is 233 Å². The third-order valence-electron chi connectivity index (χ3n) is 21.5. The maximum Gasteiger partial charge on any atom is 0.329 e. The van der Waals surface area contributed by atoms with Crippen LogP contribution in [0.3, 0.4) is 0 Å². The zero-order valence-electron chi connectivity index (χ0n) is 62.6. The number of hydrogen-bond donors (Lipinski definition) is 15. The number of esters is 2. The van der Waals surface area contributed by atoms with Gasteiger partial charge in [-0.25, -0.2) is 20.4 Å². The van der Waals surface area contributed by atoms with Crippen LogP contribution in [-0.2, 0) is 78.2 Å². The molecule has 106 heavy (non-hydrogen) atoms. The summed E-state index contributed by atoms with van der Waals surface area (Å²) in [7, 11) is 0. The Labute approximate surface area is 615 Å². The van der Waals surface area contributed by atoms with Gasteiger partial charge in [0.15, 0.2) is 12.2 Å². The quantitative estimate of drug-likeness (QED) is 0.114. The Balaban J connectivity index is 1.01. The number of nitrogens with zero attached hydrogens (tertiary/aromatic N) is 4. The Kier molecular flexibility index (Phi) is 23.9. The first-order valence-corrected chi connectivity index (χ1v) is 37.1. The van der Waals surface area contributed by atoms with E-state index in [4.69, 9.17) is 9.47 Å². The van der Waals surface area contributed by atoms with Gasteiger partial charge in [0.25, 0.3) is 11.8 Å². The van der Waals surface area contributed by atoms with Gasteiger partial charge in [-0.05, 0) is 117 Å². The second-order valence-electron chi connectivity index (χ2n) is 32.0. The van der Waals surface area contributed by atoms with Crippen LogP contribution in [0.1, 0.15) is 159 Å². The number of cyclic esters (lactones) is 2. The molecule has 19 atom stereocenters. The van der Waals surface area contributed by atoms with Gasteiger partial charge in [0.2, 0.25) is 47.3 Å². The van der Waals surface area contributed by atoms with Crippen molar-refractivity contribution in [2.45, 2.75) is 263 Å². The molecule has 15 N–H and O–H groups in total. The van der Waals surface area contributed by atoms with Gasteiger partial charge in [-0.15, -0.1) is 0 Å². The summed E-state index contributed by atoms with van der Waals surface area (Å²) in [6.45, 7) is 22.9. The van der Waals surface area contributed by atoms with Gasteiger partial charge in [0.05, 0.1) is 18.3 Å². The molecule has 582 valence electrons. The lowest BCUT2D eigenvalue weighted by Crippen LogP contribution is -2.67. The largest absolute Gasteiger partial charge is 0.450 e. The van der Waals surface area contributed by atoms with Crippen LogP contribution < -0.4 is 53.4 Å². The van der Waals surface area contributed by atoms with Crippen LogP contribution in [0.15, 0.2) is 36.4 Å². The molecule has 33 nitrogen and oxygen atoms in total. The standard InChI is InChI=1S/C73H106N14O19/c1-31(2)17-20-46-58(91)82-54(37(13)88)64(97)84-50(62(95)80-52(33(5)6)68(101)105-56(35(9)10)66(99)86-48(60(93)76-46)16-15-23-74-86)28-72(103)42-25-39(18-21-44(42)78-70(72)84)40-19-22-45-43(26-40)73(104)29-51-63(96)81-53(34(7)8)69(102)106-57(36(11)12)67(100)87-49(27-41(90)30-75-87)61(94)77-47(24-32(3)4)59(92)83-55(38(14)89)65(98)85(51)71(73)79-45/h18-19,21-22,25-26,31-38,41,46-57,70-71,74-75,78-79,88-90,103-104H,15-17,20,23-24,27-30H2,1-14H3,(H,76,93)(H,77,94)(H,80,95)(H,81,96)(H,82,91)(H,83,92)/t37-,38-,41-,46-,47+,48+,49-,50-,51+,52+,53-,54+,55+,56-,57+,70-,71+,72+,73-/m0/s1. The minimum Gasteiger partial charge on any atom is -0.450 e. The SMILES string of the molecule is CC(C)CC[C@@H]1NC(=O)[C@H]2CCCNN2C(=O)[C@H](C(C)C)OC(=O)[C@@H](C(C)C)NC(=O)[C@@H]2C[C@@]3(O)c4cc(-c5ccc6c(c5)[C@@]5(O)C[C@@H]7C(=O)N[C@@H](C(C)C)C(=O)O[C@H](C(C)C)C(=O)N8NC[C@@H](O)C[C@H]8C(=O)N[C@H](CC(C)C)C(=O)N[C@H]([C@H](C)O)C(=O)N7[C@H]5N6)ccc4N[C@H]3N2C(=O)[C@@H]([C@H](C)O)NC1=O. The summed E-state index contributed by atoms with van der Waals surface area (Å²) >= 11 is 0. The Morgan fingerprint density at radius 2 is 0.887 bits per heavy atom. The number of rotatable bonds is 12. The molecule has 2 aromatic rings. The van der Waals surface area contributed by atoms with Crippen LogP contribution in [0, 0.1) is 35.5 Å². The van der Waals surface area contributed by atoms with Gasteiger partial charge in [-0.3, -0.25) is 58.0 Å². The molecular formula is C73H106N14O19. The summed E-state index contributed by atoms with van der Waals surface area (Å²) in [5, 5.41) is 85.3. The third kappa shape index (κ3) is 15.7. The van der Waals surface area contributed by atoms with Crippen LogP contribution in [0.5, 0.6) is 0 Å². The molecule has 8 aliphatic heterocycles. The number of carbonyl (C=O) groups is 12. The second kappa shape index (κ2) is 31.7. The van der Waals surface area contributed by atoms with Crippen molar-refractivity contribution in [1.29, 1.82) is 0 Å². The van der Waals surface area contributed by atoms with Gasteiger partial charge in [-0.1, -0.05) is 95.2 Å². The number of ether oxygens (including phenoxy) is 2. The zero-order chi connectivity index (χ0) is 77.8. The summed E-state index contributed by atoms with van der Waals surface area (Å²) in [5.74, 6) is -14.2. The molecule has 10 rings (SSSR count). The third-order valence-corrected chi connectivity index (χ3v) is 21.5. The number of anilines is 2. The highest BCUT2D eigenvalue weighted by atomic mass is 16.6. The Morgan fingerprint density at radius 1 is 0.472 bits per heavy atom. The first-order chi connectivity index (χ1) is 49.8. The fourth-order valence-corrected chi connectivity index (χ4v) is 15.6. The molecule has 6 saturated heterocycles. The highest BCUT2D eigenvalue weighted by Gasteiger charge is 2.64. The van der Waals surface area contributed by atoms with E-state index in [0.29, 0.717) is 24.0 Å². The van der Waals surface area contributed by atoms with E-state index in [9.17, 15) is 63.9 Å². The summed E-state index contributed by atoms with van der Waals surface area (Å²) in [5.41, 5.74) is 2.95. The van der Waals surface area contributed by atoms with Crippen molar-refractivity contribution in [2.75, 3.05) is 23.7 Å². The number of carbonyl (C=O) groups excluding carboxylic acids is 12. The van der Waals surface area contributed by atoms with E-state index in [-0.39, 0.29) is 73.1 Å². The first kappa shape index (κ1) is 80.0. The predicted molar refractivity (Wildman–Crippen MR) is 380 cm³/mol. The van der Waals surface area contributed by atoms with Crippen LogP contribution in [0.4, 0.5) is 11.4 Å². The number of hydrogen-bond acceptors (Lipinski definition) is 23. The minimum absolute atomic E-state index is 0.0233. The molecule has 2 aromatic carbocycles. The molecule has 0 aromatic heterocycles. The Hall–Kier alpha value is -8.60. The monoisotopic (exact) mass is 1480 g/mol. The minimum atomic E-state index is -2.20. The fraction of sp³-hybridized carbons (Fsp3) is 0.671. The number of nitrogens with one attached hydrogen (secondary N) is 10. The van der Waals surface area contributed by atoms with Gasteiger partial charge in [0.1, 0.15) is 84.0 Å². The zero-order valence-corrected chi connectivity index (χ0v) is 62.6. The predicted octanol–water partition coefficient (Wildman–Crippen LogP) is -0.977. The molecule has 0 unspecified atom stereocenters. The molecule has 0 spiro atoms. The van der Waals surface area contributed by atoms with E-state index in [1.807, 2.05) is 13.8 Å². The number of hydrazine groups is 2. The van der Waals surface area contributed by atoms with Gasteiger partial charge in [0, 0.05) is 54.9 Å².